The van der Waals surface area contributed by atoms with Gasteiger partial charge in [-0.3, -0.25) is 9.59 Å². The fourth-order valence-electron chi connectivity index (χ4n) is 3.38. The van der Waals surface area contributed by atoms with E-state index < -0.39 is 0 Å². The van der Waals surface area contributed by atoms with Gasteiger partial charge in [-0.1, -0.05) is 11.6 Å². The molecule has 2 saturated heterocycles. The van der Waals surface area contributed by atoms with Gasteiger partial charge in [-0.25, -0.2) is 4.98 Å². The first-order chi connectivity index (χ1) is 12.1. The number of hydrogen-bond acceptors (Lipinski definition) is 4. The lowest BCUT2D eigenvalue weighted by Crippen LogP contribution is -2.41. The summed E-state index contributed by atoms with van der Waals surface area (Å²) < 4.78 is 5.57. The zero-order valence-corrected chi connectivity index (χ0v) is 15.0. The van der Waals surface area contributed by atoms with Crippen LogP contribution in [0.5, 0.6) is 0 Å². The molecular formula is C18H24ClN3O3. The van der Waals surface area contributed by atoms with Crippen molar-refractivity contribution in [2.24, 2.45) is 5.92 Å². The van der Waals surface area contributed by atoms with E-state index in [9.17, 15) is 9.59 Å². The Kier molecular flexibility index (Phi) is 6.26. The van der Waals surface area contributed by atoms with E-state index in [-0.39, 0.29) is 23.8 Å². The average Bonchev–Trinajstić information content (AvgIpc) is 3.15. The van der Waals surface area contributed by atoms with Gasteiger partial charge in [0.15, 0.2) is 0 Å². The Morgan fingerprint density at radius 1 is 1.28 bits per heavy atom. The quantitative estimate of drug-likeness (QED) is 0.870. The molecule has 3 heterocycles. The fourth-order valence-corrected chi connectivity index (χ4v) is 3.50. The second-order valence-electron chi connectivity index (χ2n) is 6.68. The van der Waals surface area contributed by atoms with E-state index in [0.29, 0.717) is 43.2 Å². The molecular weight excluding hydrogens is 342 g/mol. The van der Waals surface area contributed by atoms with E-state index in [1.165, 1.54) is 6.20 Å². The summed E-state index contributed by atoms with van der Waals surface area (Å²) in [5, 5.41) is 3.35. The van der Waals surface area contributed by atoms with Crippen molar-refractivity contribution in [3.8, 4) is 0 Å². The molecule has 1 aromatic rings. The number of rotatable bonds is 5. The first-order valence-corrected chi connectivity index (χ1v) is 9.31. The van der Waals surface area contributed by atoms with Crippen LogP contribution >= 0.6 is 11.6 Å². The van der Waals surface area contributed by atoms with Crippen molar-refractivity contribution < 1.29 is 14.3 Å². The van der Waals surface area contributed by atoms with Crippen molar-refractivity contribution in [1.29, 1.82) is 0 Å². The van der Waals surface area contributed by atoms with Gasteiger partial charge in [-0.05, 0) is 44.2 Å². The third-order valence-electron chi connectivity index (χ3n) is 4.90. The lowest BCUT2D eigenvalue weighted by molar-refractivity contribution is -0.135. The maximum atomic E-state index is 12.3. The summed E-state index contributed by atoms with van der Waals surface area (Å²) in [7, 11) is 0. The van der Waals surface area contributed by atoms with Crippen LogP contribution in [0, 0.1) is 5.92 Å². The van der Waals surface area contributed by atoms with Gasteiger partial charge < -0.3 is 15.0 Å². The van der Waals surface area contributed by atoms with Crippen LogP contribution in [0.4, 0.5) is 5.82 Å². The van der Waals surface area contributed by atoms with Gasteiger partial charge >= 0.3 is 0 Å². The maximum absolute atomic E-state index is 12.3. The molecule has 1 aromatic heterocycles. The van der Waals surface area contributed by atoms with Gasteiger partial charge in [0.1, 0.15) is 5.82 Å². The van der Waals surface area contributed by atoms with Crippen LogP contribution in [0.1, 0.15) is 38.5 Å². The molecule has 2 aliphatic heterocycles. The summed E-state index contributed by atoms with van der Waals surface area (Å²) in [5.74, 6) is 0.555. The second-order valence-corrected chi connectivity index (χ2v) is 7.12. The van der Waals surface area contributed by atoms with Crippen LogP contribution in [0.3, 0.4) is 0 Å². The van der Waals surface area contributed by atoms with Crippen molar-refractivity contribution in [1.82, 2.24) is 9.88 Å². The number of hydrogen-bond donors (Lipinski definition) is 1. The molecule has 0 bridgehead atoms. The third-order valence-corrected chi connectivity index (χ3v) is 5.12. The van der Waals surface area contributed by atoms with Gasteiger partial charge in [-0.2, -0.15) is 0 Å². The van der Waals surface area contributed by atoms with Gasteiger partial charge in [0, 0.05) is 38.2 Å². The number of amides is 2. The highest BCUT2D eigenvalue weighted by Gasteiger charge is 2.28. The SMILES string of the molecule is O=C(Nc1ccc(Cl)cn1)C1CCN(C(=O)CCC2CCCO2)CC1. The number of carbonyl (C=O) groups excluding carboxylic acids is 2. The number of pyridine rings is 1. The van der Waals surface area contributed by atoms with E-state index >= 15 is 0 Å². The van der Waals surface area contributed by atoms with E-state index in [0.717, 1.165) is 25.9 Å². The van der Waals surface area contributed by atoms with Gasteiger partial charge in [0.2, 0.25) is 11.8 Å². The molecule has 0 aromatic carbocycles. The van der Waals surface area contributed by atoms with Crippen molar-refractivity contribution in [2.75, 3.05) is 25.0 Å². The van der Waals surface area contributed by atoms with Crippen molar-refractivity contribution in [3.63, 3.8) is 0 Å². The van der Waals surface area contributed by atoms with E-state index in [1.807, 2.05) is 4.90 Å². The Morgan fingerprint density at radius 2 is 2.08 bits per heavy atom. The largest absolute Gasteiger partial charge is 0.378 e. The van der Waals surface area contributed by atoms with Crippen LogP contribution in [0.25, 0.3) is 0 Å². The Balaban J connectivity index is 1.40. The minimum absolute atomic E-state index is 0.0405. The molecule has 0 aliphatic carbocycles. The van der Waals surface area contributed by atoms with Crippen LogP contribution in [-0.4, -0.2) is 47.5 Å². The zero-order chi connectivity index (χ0) is 17.6. The van der Waals surface area contributed by atoms with E-state index in [2.05, 4.69) is 10.3 Å². The van der Waals surface area contributed by atoms with Crippen molar-refractivity contribution >= 4 is 29.2 Å². The van der Waals surface area contributed by atoms with Gasteiger partial charge in [-0.15, -0.1) is 0 Å². The lowest BCUT2D eigenvalue weighted by atomic mass is 9.95. The molecule has 7 heteroatoms. The molecule has 0 saturated carbocycles. The Labute approximate surface area is 152 Å². The molecule has 25 heavy (non-hydrogen) atoms. The summed E-state index contributed by atoms with van der Waals surface area (Å²) in [5.41, 5.74) is 0. The first kappa shape index (κ1) is 18.1. The molecule has 6 nitrogen and oxygen atoms in total. The van der Waals surface area contributed by atoms with Crippen LogP contribution < -0.4 is 5.32 Å². The summed E-state index contributed by atoms with van der Waals surface area (Å²) in [6.45, 7) is 2.09. The van der Waals surface area contributed by atoms with Crippen LogP contribution in [0.15, 0.2) is 18.3 Å². The summed E-state index contributed by atoms with van der Waals surface area (Å²) in [6.07, 6.45) is 6.63. The molecule has 136 valence electrons. The molecule has 1 N–H and O–H groups in total. The molecule has 3 rings (SSSR count). The molecule has 1 unspecified atom stereocenters. The minimum Gasteiger partial charge on any atom is -0.378 e. The predicted molar refractivity (Wildman–Crippen MR) is 95.4 cm³/mol. The fraction of sp³-hybridized carbons (Fsp3) is 0.611. The van der Waals surface area contributed by atoms with Crippen molar-refractivity contribution in [2.45, 2.75) is 44.6 Å². The highest BCUT2D eigenvalue weighted by atomic mass is 35.5. The molecule has 0 radical (unpaired) electrons. The molecule has 2 aliphatic rings. The van der Waals surface area contributed by atoms with E-state index in [4.69, 9.17) is 16.3 Å². The Bertz CT molecular complexity index is 594. The number of halogens is 1. The normalized spacial score (nSPS) is 21.3. The molecule has 2 fully saturated rings. The Morgan fingerprint density at radius 3 is 2.72 bits per heavy atom. The number of likely N-dealkylation sites (tertiary alicyclic amines) is 1. The smallest absolute Gasteiger partial charge is 0.228 e. The van der Waals surface area contributed by atoms with Crippen molar-refractivity contribution in [3.05, 3.63) is 23.4 Å². The van der Waals surface area contributed by atoms with E-state index in [1.54, 1.807) is 12.1 Å². The highest BCUT2D eigenvalue weighted by Crippen LogP contribution is 2.22. The zero-order valence-electron chi connectivity index (χ0n) is 14.2. The van der Waals surface area contributed by atoms with Gasteiger partial charge in [0.05, 0.1) is 11.1 Å². The Hall–Kier alpha value is -1.66. The number of nitrogens with one attached hydrogen (secondary N) is 1. The third kappa shape index (κ3) is 5.16. The average molecular weight is 366 g/mol. The minimum atomic E-state index is -0.0836. The molecule has 0 spiro atoms. The van der Waals surface area contributed by atoms with Gasteiger partial charge in [0.25, 0.3) is 0 Å². The topological polar surface area (TPSA) is 71.5 Å². The maximum Gasteiger partial charge on any atom is 0.228 e. The summed E-state index contributed by atoms with van der Waals surface area (Å²) >= 11 is 5.79. The van der Waals surface area contributed by atoms with Crippen LogP contribution in [0.2, 0.25) is 5.02 Å². The van der Waals surface area contributed by atoms with Crippen LogP contribution in [-0.2, 0) is 14.3 Å². The number of ether oxygens (including phenoxy) is 1. The number of piperidine rings is 1. The summed E-state index contributed by atoms with van der Waals surface area (Å²) in [6, 6.07) is 3.38. The molecule has 1 atom stereocenters. The molecule has 2 amide bonds. The second kappa shape index (κ2) is 8.63. The number of anilines is 1. The number of nitrogens with zero attached hydrogens (tertiary/aromatic N) is 2. The highest BCUT2D eigenvalue weighted by molar-refractivity contribution is 6.30. The standard InChI is InChI=1S/C18H24ClN3O3/c19-14-3-5-16(20-12-14)21-18(24)13-7-9-22(10-8-13)17(23)6-4-15-2-1-11-25-15/h3,5,12-13,15H,1-2,4,6-11H2,(H,20,21,24). The number of carbonyl (C=O) groups is 2. The first-order valence-electron chi connectivity index (χ1n) is 8.93. The lowest BCUT2D eigenvalue weighted by Gasteiger charge is -2.31. The monoisotopic (exact) mass is 365 g/mol. The summed E-state index contributed by atoms with van der Waals surface area (Å²) in [4.78, 5) is 30.6. The number of aromatic nitrogens is 1. The predicted octanol–water partition coefficient (Wildman–Crippen LogP) is 2.87.